The van der Waals surface area contributed by atoms with Crippen LogP contribution in [0.3, 0.4) is 0 Å². The molecule has 0 fully saturated rings. The number of hydrogen-bond acceptors (Lipinski definition) is 6. The second kappa shape index (κ2) is 5.06. The molecule has 0 radical (unpaired) electrons. The van der Waals surface area contributed by atoms with Gasteiger partial charge in [0.15, 0.2) is 0 Å². The molecule has 7 heteroatoms. The number of nitrogens with zero attached hydrogens (tertiary/aromatic N) is 2. The first-order valence-corrected chi connectivity index (χ1v) is 4.46. The summed E-state index contributed by atoms with van der Waals surface area (Å²) in [4.78, 5) is 24.9. The monoisotopic (exact) mass is 225 g/mol. The summed E-state index contributed by atoms with van der Waals surface area (Å²) in [7, 11) is 1.26. The summed E-state index contributed by atoms with van der Waals surface area (Å²) >= 11 is 0. The van der Waals surface area contributed by atoms with Gasteiger partial charge in [-0.2, -0.15) is 0 Å². The fourth-order valence-corrected chi connectivity index (χ4v) is 1.04. The fourth-order valence-electron chi connectivity index (χ4n) is 1.04. The van der Waals surface area contributed by atoms with Crippen molar-refractivity contribution in [1.82, 2.24) is 4.98 Å². The van der Waals surface area contributed by atoms with E-state index < -0.39 is 10.9 Å². The first-order valence-electron chi connectivity index (χ1n) is 4.46. The van der Waals surface area contributed by atoms with Gasteiger partial charge in [0.1, 0.15) is 12.4 Å². The van der Waals surface area contributed by atoms with Crippen molar-refractivity contribution in [2.75, 3.05) is 19.0 Å². The lowest BCUT2D eigenvalue weighted by molar-refractivity contribution is -0.385. The Balaban J connectivity index is 2.79. The molecule has 0 unspecified atom stereocenters. The van der Waals surface area contributed by atoms with E-state index in [1.807, 2.05) is 0 Å². The lowest BCUT2D eigenvalue weighted by atomic mass is 10.2. The molecule has 0 saturated heterocycles. The summed E-state index contributed by atoms with van der Waals surface area (Å²) in [5, 5.41) is 13.3. The van der Waals surface area contributed by atoms with Gasteiger partial charge in [-0.15, -0.1) is 0 Å². The van der Waals surface area contributed by atoms with Crippen LogP contribution in [0.2, 0.25) is 0 Å². The second-order valence-corrected chi connectivity index (χ2v) is 3.04. The zero-order valence-electron chi connectivity index (χ0n) is 8.89. The number of rotatable bonds is 4. The predicted octanol–water partition coefficient (Wildman–Crippen LogP) is 0.883. The molecule has 1 N–H and O–H groups in total. The van der Waals surface area contributed by atoms with E-state index in [2.05, 4.69) is 15.0 Å². The van der Waals surface area contributed by atoms with E-state index in [9.17, 15) is 14.9 Å². The molecule has 0 amide bonds. The highest BCUT2D eigenvalue weighted by Crippen LogP contribution is 2.19. The summed E-state index contributed by atoms with van der Waals surface area (Å²) in [5.41, 5.74) is 0.427. The molecular formula is C9H11N3O4. The summed E-state index contributed by atoms with van der Waals surface area (Å²) in [6, 6.07) is 1.28. The van der Waals surface area contributed by atoms with Crippen LogP contribution in [0.5, 0.6) is 0 Å². The molecule has 86 valence electrons. The average molecular weight is 225 g/mol. The van der Waals surface area contributed by atoms with Crippen molar-refractivity contribution in [1.29, 1.82) is 0 Å². The molecule has 1 aromatic heterocycles. The normalized spacial score (nSPS) is 9.62. The first kappa shape index (κ1) is 11.9. The first-order chi connectivity index (χ1) is 7.54. The van der Waals surface area contributed by atoms with Crippen molar-refractivity contribution in [3.8, 4) is 0 Å². The number of ether oxygens (including phenoxy) is 1. The van der Waals surface area contributed by atoms with E-state index in [0.717, 1.165) is 0 Å². The molecule has 0 aromatic carbocycles. The van der Waals surface area contributed by atoms with E-state index in [1.165, 1.54) is 19.4 Å². The van der Waals surface area contributed by atoms with Gasteiger partial charge >= 0.3 is 5.97 Å². The highest BCUT2D eigenvalue weighted by atomic mass is 16.6. The van der Waals surface area contributed by atoms with Crippen LogP contribution in [0.15, 0.2) is 12.3 Å². The van der Waals surface area contributed by atoms with E-state index in [-0.39, 0.29) is 18.1 Å². The van der Waals surface area contributed by atoms with Crippen molar-refractivity contribution in [3.63, 3.8) is 0 Å². The largest absolute Gasteiger partial charge is 0.468 e. The van der Waals surface area contributed by atoms with Gasteiger partial charge in [0.05, 0.1) is 18.1 Å². The minimum atomic E-state index is -0.500. The fraction of sp³-hybridized carbons (Fsp3) is 0.333. The minimum Gasteiger partial charge on any atom is -0.468 e. The molecular weight excluding hydrogens is 214 g/mol. The number of aryl methyl sites for hydroxylation is 1. The minimum absolute atomic E-state index is 0.0395. The zero-order chi connectivity index (χ0) is 12.1. The Morgan fingerprint density at radius 3 is 2.94 bits per heavy atom. The summed E-state index contributed by atoms with van der Waals surface area (Å²) in [5.74, 6) is -0.201. The molecule has 7 nitrogen and oxygen atoms in total. The molecule has 1 heterocycles. The van der Waals surface area contributed by atoms with Crippen molar-refractivity contribution >= 4 is 17.5 Å². The molecule has 0 atom stereocenters. The molecule has 0 aliphatic rings. The maximum absolute atomic E-state index is 10.8. The molecule has 0 bridgehead atoms. The van der Waals surface area contributed by atoms with E-state index in [1.54, 1.807) is 6.92 Å². The Hall–Kier alpha value is -2.18. The van der Waals surface area contributed by atoms with Crippen molar-refractivity contribution in [3.05, 3.63) is 27.9 Å². The number of esters is 1. The van der Waals surface area contributed by atoms with Gasteiger partial charge in [-0.25, -0.2) is 4.98 Å². The van der Waals surface area contributed by atoms with Crippen molar-refractivity contribution < 1.29 is 14.5 Å². The van der Waals surface area contributed by atoms with Crippen molar-refractivity contribution in [2.45, 2.75) is 6.92 Å². The average Bonchev–Trinajstić information content (AvgIpc) is 2.27. The third-order valence-corrected chi connectivity index (χ3v) is 1.91. The second-order valence-electron chi connectivity index (χ2n) is 3.04. The smallest absolute Gasteiger partial charge is 0.325 e. The number of nitrogens with one attached hydrogen (secondary N) is 1. The van der Waals surface area contributed by atoms with Crippen LogP contribution < -0.4 is 5.32 Å². The van der Waals surface area contributed by atoms with Crippen LogP contribution in [0, 0.1) is 17.0 Å². The highest BCUT2D eigenvalue weighted by molar-refractivity contribution is 5.74. The van der Waals surface area contributed by atoms with Crippen LogP contribution in [0.25, 0.3) is 0 Å². The summed E-state index contributed by atoms with van der Waals surface area (Å²) in [6.07, 6.45) is 1.37. The molecule has 0 aliphatic heterocycles. The molecule has 0 saturated carbocycles. The number of aromatic nitrogens is 1. The van der Waals surface area contributed by atoms with Crippen LogP contribution >= 0.6 is 0 Å². The topological polar surface area (TPSA) is 94.4 Å². The van der Waals surface area contributed by atoms with Gasteiger partial charge in [0.2, 0.25) is 0 Å². The highest BCUT2D eigenvalue weighted by Gasteiger charge is 2.12. The van der Waals surface area contributed by atoms with E-state index in [0.29, 0.717) is 5.56 Å². The zero-order valence-corrected chi connectivity index (χ0v) is 8.89. The molecule has 1 rings (SSSR count). The van der Waals surface area contributed by atoms with Crippen LogP contribution in [0.1, 0.15) is 5.56 Å². The maximum Gasteiger partial charge on any atom is 0.325 e. The molecule has 1 aromatic rings. The number of pyridine rings is 1. The molecule has 0 aliphatic carbocycles. The van der Waals surface area contributed by atoms with Gasteiger partial charge in [0.25, 0.3) is 5.69 Å². The predicted molar refractivity (Wildman–Crippen MR) is 56.1 cm³/mol. The maximum atomic E-state index is 10.8. The number of carbonyl (C=O) groups excluding carboxylic acids is 1. The van der Waals surface area contributed by atoms with E-state index in [4.69, 9.17) is 0 Å². The number of nitro groups is 1. The molecule has 0 spiro atoms. The molecule has 16 heavy (non-hydrogen) atoms. The number of methoxy groups -OCH3 is 1. The van der Waals surface area contributed by atoms with Crippen molar-refractivity contribution in [2.24, 2.45) is 0 Å². The Morgan fingerprint density at radius 1 is 1.69 bits per heavy atom. The van der Waals surface area contributed by atoms with Gasteiger partial charge in [0, 0.05) is 11.8 Å². The Morgan fingerprint density at radius 2 is 2.38 bits per heavy atom. The van der Waals surface area contributed by atoms with Gasteiger partial charge in [-0.05, 0) is 6.92 Å². The SMILES string of the molecule is COC(=O)CNc1cc([N+](=O)[O-])c(C)cn1. The number of anilines is 1. The summed E-state index contributed by atoms with van der Waals surface area (Å²) < 4.78 is 4.41. The Bertz CT molecular complexity index is 419. The Kier molecular flexibility index (Phi) is 3.76. The Labute approximate surface area is 91.6 Å². The van der Waals surface area contributed by atoms with Crippen LogP contribution in [0.4, 0.5) is 11.5 Å². The van der Waals surface area contributed by atoms with Gasteiger partial charge in [-0.3, -0.25) is 14.9 Å². The number of hydrogen-bond donors (Lipinski definition) is 1. The van der Waals surface area contributed by atoms with E-state index >= 15 is 0 Å². The third kappa shape index (κ3) is 2.91. The van der Waals surface area contributed by atoms with Gasteiger partial charge < -0.3 is 10.1 Å². The third-order valence-electron chi connectivity index (χ3n) is 1.91. The quantitative estimate of drug-likeness (QED) is 0.464. The standard InChI is InChI=1S/C9H11N3O4/c1-6-4-10-8(3-7(6)12(14)15)11-5-9(13)16-2/h3-4H,5H2,1-2H3,(H,10,11). The number of carbonyl (C=O) groups is 1. The summed E-state index contributed by atoms with van der Waals surface area (Å²) in [6.45, 7) is 1.51. The lowest BCUT2D eigenvalue weighted by Gasteiger charge is -2.04. The van der Waals surface area contributed by atoms with Crippen LogP contribution in [-0.2, 0) is 9.53 Å². The van der Waals surface area contributed by atoms with Gasteiger partial charge in [-0.1, -0.05) is 0 Å². The van der Waals surface area contributed by atoms with Crippen LogP contribution in [-0.4, -0.2) is 29.5 Å². The lowest BCUT2D eigenvalue weighted by Crippen LogP contribution is -2.15.